The van der Waals surface area contributed by atoms with Gasteiger partial charge >= 0.3 is 23.1 Å². The van der Waals surface area contributed by atoms with Crippen molar-refractivity contribution in [3.05, 3.63) is 81.4 Å². The van der Waals surface area contributed by atoms with Crippen molar-refractivity contribution < 1.29 is 24.5 Å². The zero-order chi connectivity index (χ0) is 22.1. The van der Waals surface area contributed by atoms with Crippen molar-refractivity contribution in [1.29, 1.82) is 0 Å². The van der Waals surface area contributed by atoms with Crippen LogP contribution in [-0.4, -0.2) is 41.3 Å². The maximum atomic E-state index is 12.2. The average molecular weight is 422 g/mol. The molecule has 4 aromatic rings. The van der Waals surface area contributed by atoms with E-state index in [9.17, 15) is 19.2 Å². The summed E-state index contributed by atoms with van der Waals surface area (Å²) in [6.07, 6.45) is 4.66. The first-order valence-electron chi connectivity index (χ1n) is 8.85. The molecule has 0 unspecified atom stereocenters. The zero-order valence-corrected chi connectivity index (χ0v) is 15.7. The summed E-state index contributed by atoms with van der Waals surface area (Å²) < 4.78 is 8.35. The highest BCUT2D eigenvalue weighted by Crippen LogP contribution is 2.31. The predicted molar refractivity (Wildman–Crippen MR) is 107 cm³/mol. The number of aromatic nitrogens is 4. The van der Waals surface area contributed by atoms with Crippen molar-refractivity contribution >= 4 is 23.0 Å². The molecule has 3 N–H and O–H groups in total. The number of fused-ring (bicyclic) bond motifs is 1. The minimum atomic E-state index is -1.29. The van der Waals surface area contributed by atoms with Crippen LogP contribution in [0.4, 0.5) is 0 Å². The number of benzene rings is 2. The number of ether oxygens (including phenoxy) is 1. The second kappa shape index (κ2) is 7.63. The number of carbonyl (C=O) groups is 2. The molecular weight excluding hydrogens is 408 g/mol. The topological polar surface area (TPSA) is 157 Å². The Morgan fingerprint density at radius 3 is 2.45 bits per heavy atom. The Balaban J connectivity index is 1.92. The van der Waals surface area contributed by atoms with Gasteiger partial charge in [-0.15, -0.1) is 0 Å². The van der Waals surface area contributed by atoms with E-state index in [1.54, 1.807) is 10.8 Å². The van der Waals surface area contributed by atoms with E-state index in [1.807, 2.05) is 0 Å². The van der Waals surface area contributed by atoms with E-state index in [-0.39, 0.29) is 22.3 Å². The van der Waals surface area contributed by atoms with Gasteiger partial charge in [0.2, 0.25) is 0 Å². The normalized spacial score (nSPS) is 10.8. The number of aromatic carboxylic acids is 1. The van der Waals surface area contributed by atoms with Gasteiger partial charge in [0.05, 0.1) is 28.6 Å². The number of aliphatic carboxylic acids is 1. The Hall–Kier alpha value is -4.67. The molecule has 2 aromatic carbocycles. The summed E-state index contributed by atoms with van der Waals surface area (Å²) in [6, 6.07) is 8.61. The van der Waals surface area contributed by atoms with Crippen LogP contribution in [0, 0.1) is 0 Å². The fourth-order valence-electron chi connectivity index (χ4n) is 3.06. The van der Waals surface area contributed by atoms with Crippen LogP contribution in [0.2, 0.25) is 0 Å². The van der Waals surface area contributed by atoms with Crippen molar-refractivity contribution in [1.82, 2.24) is 19.1 Å². The number of carboxylic acid groups (broad SMARTS) is 2. The summed E-state index contributed by atoms with van der Waals surface area (Å²) in [7, 11) is 0. The van der Waals surface area contributed by atoms with Gasteiger partial charge < -0.3 is 24.5 Å². The van der Waals surface area contributed by atoms with E-state index in [1.165, 1.54) is 48.9 Å². The van der Waals surface area contributed by atoms with E-state index in [4.69, 9.17) is 14.9 Å². The lowest BCUT2D eigenvalue weighted by atomic mass is 10.2. The monoisotopic (exact) mass is 422 g/mol. The summed E-state index contributed by atoms with van der Waals surface area (Å²) >= 11 is 0. The second-order valence-electron chi connectivity index (χ2n) is 6.48. The molecule has 2 aromatic heterocycles. The lowest BCUT2D eigenvalue weighted by Gasteiger charge is -2.15. The van der Waals surface area contributed by atoms with Crippen LogP contribution >= 0.6 is 0 Å². The van der Waals surface area contributed by atoms with Gasteiger partial charge in [-0.2, -0.15) is 0 Å². The standard InChI is InChI=1S/C20H14N4O7/c25-17(26)9-24-14-8-16(31-12-3-1-11(2-4-12)20(29)30)15(23-6-5-21-10-23)7-13(14)22-18(27)19(24)28/h1-8,10H,9H2,(H,22,27)(H,25,26)(H,29,30). The Labute approximate surface area is 172 Å². The van der Waals surface area contributed by atoms with Crippen molar-refractivity contribution in [3.63, 3.8) is 0 Å². The van der Waals surface area contributed by atoms with Gasteiger partial charge in [-0.05, 0) is 30.3 Å². The number of hydrogen-bond acceptors (Lipinski definition) is 6. The molecule has 0 bridgehead atoms. The van der Waals surface area contributed by atoms with Crippen LogP contribution in [0.5, 0.6) is 11.5 Å². The first-order chi connectivity index (χ1) is 14.8. The quantitative estimate of drug-likeness (QED) is 0.394. The molecule has 0 saturated carbocycles. The van der Waals surface area contributed by atoms with E-state index in [2.05, 4.69) is 9.97 Å². The van der Waals surface area contributed by atoms with Gasteiger partial charge in [-0.25, -0.2) is 9.78 Å². The van der Waals surface area contributed by atoms with Crippen molar-refractivity contribution in [3.8, 4) is 17.2 Å². The summed E-state index contributed by atoms with van der Waals surface area (Å²) in [4.78, 5) is 53.0. The number of aromatic amines is 1. The molecule has 31 heavy (non-hydrogen) atoms. The number of nitrogens with one attached hydrogen (secondary N) is 1. The number of hydrogen-bond donors (Lipinski definition) is 3. The van der Waals surface area contributed by atoms with E-state index in [0.717, 1.165) is 4.57 Å². The molecule has 0 aliphatic carbocycles. The third kappa shape index (κ3) is 3.79. The molecule has 0 aliphatic rings. The third-order valence-electron chi connectivity index (χ3n) is 4.46. The summed E-state index contributed by atoms with van der Waals surface area (Å²) in [5, 5.41) is 18.2. The largest absolute Gasteiger partial charge is 0.480 e. The Morgan fingerprint density at radius 1 is 1.10 bits per heavy atom. The van der Waals surface area contributed by atoms with Gasteiger partial charge in [0, 0.05) is 18.5 Å². The van der Waals surface area contributed by atoms with Gasteiger partial charge in [0.25, 0.3) is 0 Å². The van der Waals surface area contributed by atoms with Crippen LogP contribution in [0.15, 0.2) is 64.7 Å². The van der Waals surface area contributed by atoms with Gasteiger partial charge in [0.15, 0.2) is 5.75 Å². The minimum Gasteiger partial charge on any atom is -0.480 e. The van der Waals surface area contributed by atoms with Crippen LogP contribution < -0.4 is 15.9 Å². The molecule has 0 fully saturated rings. The molecule has 11 nitrogen and oxygen atoms in total. The number of carboxylic acids is 2. The lowest BCUT2D eigenvalue weighted by Crippen LogP contribution is -2.37. The van der Waals surface area contributed by atoms with Gasteiger partial charge in [0.1, 0.15) is 12.3 Å². The molecule has 0 radical (unpaired) electrons. The van der Waals surface area contributed by atoms with Crippen molar-refractivity contribution in [2.45, 2.75) is 6.54 Å². The maximum absolute atomic E-state index is 12.2. The van der Waals surface area contributed by atoms with E-state index >= 15 is 0 Å². The van der Waals surface area contributed by atoms with Crippen LogP contribution in [0.1, 0.15) is 10.4 Å². The first kappa shape index (κ1) is 19.6. The fourth-order valence-corrected chi connectivity index (χ4v) is 3.06. The summed E-state index contributed by atoms with van der Waals surface area (Å²) in [5.41, 5.74) is -1.07. The summed E-state index contributed by atoms with van der Waals surface area (Å²) in [5.74, 6) is -1.85. The molecule has 0 atom stereocenters. The Bertz CT molecular complexity index is 1420. The van der Waals surface area contributed by atoms with Crippen LogP contribution in [-0.2, 0) is 11.3 Å². The molecule has 0 amide bonds. The van der Waals surface area contributed by atoms with Crippen LogP contribution in [0.25, 0.3) is 16.7 Å². The van der Waals surface area contributed by atoms with Crippen molar-refractivity contribution in [2.75, 3.05) is 0 Å². The smallest absolute Gasteiger partial charge is 0.335 e. The second-order valence-corrected chi connectivity index (χ2v) is 6.48. The summed E-state index contributed by atoms with van der Waals surface area (Å²) in [6.45, 7) is -0.712. The number of H-pyrrole nitrogens is 1. The minimum absolute atomic E-state index is 0.0774. The molecule has 0 saturated heterocycles. The fraction of sp³-hybridized carbons (Fsp3) is 0.0500. The highest BCUT2D eigenvalue weighted by molar-refractivity contribution is 5.87. The Morgan fingerprint density at radius 2 is 1.84 bits per heavy atom. The molecule has 4 rings (SSSR count). The number of nitrogens with zero attached hydrogens (tertiary/aromatic N) is 3. The van der Waals surface area contributed by atoms with E-state index < -0.39 is 29.6 Å². The third-order valence-corrected chi connectivity index (χ3v) is 4.46. The highest BCUT2D eigenvalue weighted by Gasteiger charge is 2.16. The average Bonchev–Trinajstić information content (AvgIpc) is 3.26. The highest BCUT2D eigenvalue weighted by atomic mass is 16.5. The molecule has 2 heterocycles. The molecule has 11 heteroatoms. The SMILES string of the molecule is O=C(O)Cn1c(=O)c(=O)[nH]c2cc(-n3ccnc3)c(Oc3ccc(C(=O)O)cc3)cc21. The number of rotatable bonds is 6. The van der Waals surface area contributed by atoms with Crippen molar-refractivity contribution in [2.24, 2.45) is 0 Å². The molecule has 0 aliphatic heterocycles. The molecular formula is C20H14N4O7. The first-order valence-corrected chi connectivity index (χ1v) is 8.85. The van der Waals surface area contributed by atoms with Gasteiger partial charge in [-0.3, -0.25) is 19.0 Å². The zero-order valence-electron chi connectivity index (χ0n) is 15.7. The maximum Gasteiger partial charge on any atom is 0.335 e. The van der Waals surface area contributed by atoms with Gasteiger partial charge in [-0.1, -0.05) is 0 Å². The Kier molecular flexibility index (Phi) is 4.83. The molecule has 156 valence electrons. The van der Waals surface area contributed by atoms with Crippen LogP contribution in [0.3, 0.4) is 0 Å². The van der Waals surface area contributed by atoms with E-state index in [0.29, 0.717) is 11.4 Å². The predicted octanol–water partition coefficient (Wildman–Crippen LogP) is 1.45. The number of imidazole rings is 1. The molecule has 0 spiro atoms. The lowest BCUT2D eigenvalue weighted by molar-refractivity contribution is -0.137.